The minimum Gasteiger partial charge on any atom is -0.397 e. The molecular weight excluding hydrogens is 621 g/mol. The van der Waals surface area contributed by atoms with Gasteiger partial charge in [0.1, 0.15) is 5.71 Å². The van der Waals surface area contributed by atoms with Crippen molar-refractivity contribution < 1.29 is 13.2 Å². The van der Waals surface area contributed by atoms with Crippen molar-refractivity contribution in [1.82, 2.24) is 14.5 Å². The average molecular weight is 651 g/mol. The molecule has 9 heteroatoms. The molecule has 0 unspecified atom stereocenters. The fourth-order valence-electron chi connectivity index (χ4n) is 6.61. The summed E-state index contributed by atoms with van der Waals surface area (Å²) < 4.78 is 41.0. The lowest BCUT2D eigenvalue weighted by Crippen LogP contribution is -2.20. The van der Waals surface area contributed by atoms with Crippen molar-refractivity contribution in [3.8, 4) is 11.1 Å². The van der Waals surface area contributed by atoms with Crippen LogP contribution in [-0.2, 0) is 7.05 Å². The third-order valence-electron chi connectivity index (χ3n) is 9.02. The van der Waals surface area contributed by atoms with Gasteiger partial charge in [-0.25, -0.2) is 0 Å². The van der Waals surface area contributed by atoms with Gasteiger partial charge in [0.25, 0.3) is 0 Å². The molecular formula is C40H29F3N6. The van der Waals surface area contributed by atoms with E-state index in [0.29, 0.717) is 6.08 Å². The minimum absolute atomic E-state index is 0.159. The standard InChI is InChI=1S/C40H29F3N6/c1-48-37-9-5-3-7-31(37)32-21-27(15-17-38(32)48)49(28-14-16-30-29-6-2-4-8-34(29)47-35(30)22-28)26-12-10-24(11-13-26)25-18-19-46-36(20-25)33(44)23-39(45)40(41,42)43/h2-23,45,47H,44H2,1H3/b33-23-,45-39?. The number of anilines is 3. The number of rotatable bonds is 6. The van der Waals surface area contributed by atoms with Crippen molar-refractivity contribution in [3.63, 3.8) is 0 Å². The van der Waals surface area contributed by atoms with Crippen LogP contribution in [0, 0.1) is 5.41 Å². The van der Waals surface area contributed by atoms with Gasteiger partial charge in [0, 0.05) is 73.9 Å². The Kier molecular flexibility index (Phi) is 6.99. The molecule has 4 N–H and O–H groups in total. The van der Waals surface area contributed by atoms with E-state index in [1.54, 1.807) is 12.1 Å². The van der Waals surface area contributed by atoms with Gasteiger partial charge in [-0.1, -0.05) is 54.6 Å². The quantitative estimate of drug-likeness (QED) is 0.157. The van der Waals surface area contributed by atoms with Gasteiger partial charge in [-0.2, -0.15) is 13.2 Å². The number of fused-ring (bicyclic) bond motifs is 6. The zero-order valence-corrected chi connectivity index (χ0v) is 26.3. The predicted octanol–water partition coefficient (Wildman–Crippen LogP) is 10.4. The molecule has 3 heterocycles. The minimum atomic E-state index is -4.79. The van der Waals surface area contributed by atoms with Crippen molar-refractivity contribution in [3.05, 3.63) is 139 Å². The van der Waals surface area contributed by atoms with Gasteiger partial charge in [0.15, 0.2) is 0 Å². The Hall–Kier alpha value is -6.35. The lowest BCUT2D eigenvalue weighted by atomic mass is 10.0. The second kappa shape index (κ2) is 11.4. The zero-order valence-electron chi connectivity index (χ0n) is 26.3. The molecule has 0 bridgehead atoms. The third-order valence-corrected chi connectivity index (χ3v) is 9.02. The summed E-state index contributed by atoms with van der Waals surface area (Å²) in [5.74, 6) is 0. The Bertz CT molecular complexity index is 2590. The van der Waals surface area contributed by atoms with Crippen molar-refractivity contribution in [1.29, 1.82) is 5.41 Å². The fourth-order valence-corrected chi connectivity index (χ4v) is 6.61. The number of allylic oxidation sites excluding steroid dienone is 1. The fraction of sp³-hybridized carbons (Fsp3) is 0.0500. The highest BCUT2D eigenvalue weighted by molar-refractivity contribution is 6.10. The van der Waals surface area contributed by atoms with Crippen LogP contribution in [0.25, 0.3) is 60.4 Å². The first-order valence-electron chi connectivity index (χ1n) is 15.6. The smallest absolute Gasteiger partial charge is 0.397 e. The highest BCUT2D eigenvalue weighted by Gasteiger charge is 2.33. The number of halogens is 3. The van der Waals surface area contributed by atoms with Gasteiger partial charge in [0.2, 0.25) is 0 Å². The molecule has 0 aliphatic carbocycles. The Morgan fingerprint density at radius 1 is 0.714 bits per heavy atom. The van der Waals surface area contributed by atoms with Gasteiger partial charge >= 0.3 is 6.18 Å². The monoisotopic (exact) mass is 650 g/mol. The van der Waals surface area contributed by atoms with Gasteiger partial charge in [-0.3, -0.25) is 10.4 Å². The zero-order chi connectivity index (χ0) is 33.9. The van der Waals surface area contributed by atoms with E-state index < -0.39 is 11.9 Å². The lowest BCUT2D eigenvalue weighted by Gasteiger charge is -2.26. The second-order valence-electron chi connectivity index (χ2n) is 12.0. The molecule has 0 aliphatic rings. The molecule has 0 radical (unpaired) electrons. The Morgan fingerprint density at radius 3 is 2.16 bits per heavy atom. The summed E-state index contributed by atoms with van der Waals surface area (Å²) in [6.07, 6.45) is -2.71. The third kappa shape index (κ3) is 5.25. The van der Waals surface area contributed by atoms with Crippen LogP contribution in [0.5, 0.6) is 0 Å². The van der Waals surface area contributed by atoms with Gasteiger partial charge in [0.05, 0.1) is 11.4 Å². The predicted molar refractivity (Wildman–Crippen MR) is 194 cm³/mol. The number of alkyl halides is 3. The molecule has 8 aromatic rings. The number of H-pyrrole nitrogens is 1. The van der Waals surface area contributed by atoms with Gasteiger partial charge in [-0.15, -0.1) is 0 Å². The van der Waals surface area contributed by atoms with Crippen LogP contribution < -0.4 is 10.6 Å². The molecule has 6 nitrogen and oxygen atoms in total. The largest absolute Gasteiger partial charge is 0.432 e. The summed E-state index contributed by atoms with van der Waals surface area (Å²) in [5.41, 5.74) is 13.2. The number of benzene rings is 5. The van der Waals surface area contributed by atoms with Crippen molar-refractivity contribution in [2.45, 2.75) is 6.18 Å². The maximum atomic E-state index is 12.9. The number of aromatic amines is 1. The highest BCUT2D eigenvalue weighted by Crippen LogP contribution is 2.40. The molecule has 0 aliphatic heterocycles. The van der Waals surface area contributed by atoms with Crippen molar-refractivity contribution in [2.24, 2.45) is 12.8 Å². The SMILES string of the molecule is Cn1c2ccccc2c2cc(N(c3ccc(-c4ccnc(/C(N)=C/C(=N)C(F)(F)F)c4)cc3)c3ccc4c(c3)[nH]c3ccccc34)ccc21. The molecule has 0 saturated heterocycles. The maximum Gasteiger partial charge on any atom is 0.432 e. The molecule has 49 heavy (non-hydrogen) atoms. The highest BCUT2D eigenvalue weighted by atomic mass is 19.4. The van der Waals surface area contributed by atoms with E-state index in [0.717, 1.165) is 61.0 Å². The number of nitrogens with zero attached hydrogens (tertiary/aromatic N) is 3. The molecule has 5 aromatic carbocycles. The summed E-state index contributed by atoms with van der Waals surface area (Å²) in [6.45, 7) is 0. The van der Waals surface area contributed by atoms with Crippen LogP contribution in [0.4, 0.5) is 30.2 Å². The van der Waals surface area contributed by atoms with E-state index in [4.69, 9.17) is 11.1 Å². The average Bonchev–Trinajstić information content (AvgIpc) is 3.62. The molecule has 8 rings (SSSR count). The summed E-state index contributed by atoms with van der Waals surface area (Å²) in [5, 5.41) is 11.9. The van der Waals surface area contributed by atoms with E-state index in [1.165, 1.54) is 17.0 Å². The van der Waals surface area contributed by atoms with Crippen LogP contribution in [0.2, 0.25) is 0 Å². The Morgan fingerprint density at radius 2 is 1.37 bits per heavy atom. The molecule has 240 valence electrons. The first-order valence-corrected chi connectivity index (χ1v) is 15.6. The van der Waals surface area contributed by atoms with Crippen LogP contribution in [-0.4, -0.2) is 26.4 Å². The topological polar surface area (TPSA) is 86.7 Å². The molecule has 0 spiro atoms. The van der Waals surface area contributed by atoms with E-state index in [9.17, 15) is 13.2 Å². The summed E-state index contributed by atoms with van der Waals surface area (Å²) >= 11 is 0. The summed E-state index contributed by atoms with van der Waals surface area (Å²) in [6, 6.07) is 41.0. The van der Waals surface area contributed by atoms with Crippen LogP contribution >= 0.6 is 0 Å². The molecule has 0 amide bonds. The van der Waals surface area contributed by atoms with Crippen LogP contribution in [0.15, 0.2) is 134 Å². The number of para-hydroxylation sites is 2. The first kappa shape index (κ1) is 30.0. The Labute approximate surface area is 279 Å². The number of nitrogens with two attached hydrogens (primary N) is 1. The van der Waals surface area contributed by atoms with E-state index >= 15 is 0 Å². The number of hydrogen-bond donors (Lipinski definition) is 3. The number of hydrogen-bond acceptors (Lipinski definition) is 4. The van der Waals surface area contributed by atoms with Crippen LogP contribution in [0.1, 0.15) is 5.69 Å². The summed E-state index contributed by atoms with van der Waals surface area (Å²) in [4.78, 5) is 9.94. The molecule has 0 atom stereocenters. The molecule has 0 saturated carbocycles. The van der Waals surface area contributed by atoms with Crippen LogP contribution in [0.3, 0.4) is 0 Å². The molecule has 3 aromatic heterocycles. The number of pyridine rings is 1. The normalized spacial score (nSPS) is 12.4. The lowest BCUT2D eigenvalue weighted by molar-refractivity contribution is -0.0583. The van der Waals surface area contributed by atoms with E-state index in [2.05, 4.69) is 99.3 Å². The number of aryl methyl sites for hydroxylation is 1. The molecule has 0 fully saturated rings. The van der Waals surface area contributed by atoms with Crippen molar-refractivity contribution >= 4 is 72.1 Å². The number of aromatic nitrogens is 3. The second-order valence-corrected chi connectivity index (χ2v) is 12.0. The number of nitrogens with one attached hydrogen (secondary N) is 2. The van der Waals surface area contributed by atoms with Crippen molar-refractivity contribution in [2.75, 3.05) is 4.90 Å². The maximum absolute atomic E-state index is 12.9. The van der Waals surface area contributed by atoms with Gasteiger partial charge < -0.3 is 20.2 Å². The Balaban J connectivity index is 1.23. The van der Waals surface area contributed by atoms with Gasteiger partial charge in [-0.05, 0) is 83.9 Å². The van der Waals surface area contributed by atoms with E-state index in [1.807, 2.05) is 36.4 Å². The summed E-state index contributed by atoms with van der Waals surface area (Å²) in [7, 11) is 2.08. The van der Waals surface area contributed by atoms with E-state index in [-0.39, 0.29) is 11.4 Å². The first-order chi connectivity index (χ1) is 23.7.